The number of piperazine rings is 1. The lowest BCUT2D eigenvalue weighted by atomic mass is 10.1. The summed E-state index contributed by atoms with van der Waals surface area (Å²) in [5.74, 6) is -0.300. The van der Waals surface area contributed by atoms with E-state index in [0.29, 0.717) is 24.3 Å². The van der Waals surface area contributed by atoms with E-state index < -0.39 is 4.92 Å². The number of nitro groups is 1. The van der Waals surface area contributed by atoms with Gasteiger partial charge in [-0.15, -0.1) is 0 Å². The second-order valence-electron chi connectivity index (χ2n) is 7.21. The van der Waals surface area contributed by atoms with Gasteiger partial charge in [-0.2, -0.15) is 0 Å². The molecule has 1 aliphatic heterocycles. The number of carbonyl (C=O) groups excluding carboxylic acids is 1. The van der Waals surface area contributed by atoms with Crippen LogP contribution in [0.2, 0.25) is 0 Å². The van der Waals surface area contributed by atoms with Crippen molar-refractivity contribution in [3.05, 3.63) is 64.0 Å². The lowest BCUT2D eigenvalue weighted by Crippen LogP contribution is -2.46. The maximum atomic E-state index is 12.2. The van der Waals surface area contributed by atoms with E-state index in [0.717, 1.165) is 25.2 Å². The number of anilines is 1. The Morgan fingerprint density at radius 2 is 2.00 bits per heavy atom. The maximum Gasteiger partial charge on any atom is 0.293 e. The molecule has 1 aliphatic rings. The summed E-state index contributed by atoms with van der Waals surface area (Å²) in [7, 11) is 0. The minimum absolute atomic E-state index is 0.0286. The molecule has 0 atom stereocenters. The molecule has 0 bridgehead atoms. The van der Waals surface area contributed by atoms with Crippen LogP contribution in [0.4, 0.5) is 11.4 Å². The molecule has 3 rings (SSSR count). The van der Waals surface area contributed by atoms with Crippen LogP contribution in [0, 0.1) is 10.1 Å². The summed E-state index contributed by atoms with van der Waals surface area (Å²) in [5.41, 5.74) is 1.99. The van der Waals surface area contributed by atoms with Gasteiger partial charge in [-0.25, -0.2) is 0 Å². The zero-order chi connectivity index (χ0) is 20.1. The molecule has 2 heterocycles. The van der Waals surface area contributed by atoms with Gasteiger partial charge in [-0.3, -0.25) is 24.8 Å². The number of nitrogens with zero attached hydrogens (tertiary/aromatic N) is 4. The predicted octanol–water partition coefficient (Wildman–Crippen LogP) is 2.45. The molecule has 1 saturated heterocycles. The largest absolute Gasteiger partial charge is 0.363 e. The van der Waals surface area contributed by atoms with Crippen LogP contribution in [0.3, 0.4) is 0 Å². The van der Waals surface area contributed by atoms with Crippen LogP contribution in [-0.2, 0) is 6.54 Å². The third kappa shape index (κ3) is 4.83. The minimum Gasteiger partial charge on any atom is -0.363 e. The highest BCUT2D eigenvalue weighted by Crippen LogP contribution is 2.30. The number of rotatable bonds is 6. The fourth-order valence-electron chi connectivity index (χ4n) is 3.32. The van der Waals surface area contributed by atoms with Crippen molar-refractivity contribution in [1.82, 2.24) is 15.2 Å². The molecule has 1 N–H and O–H groups in total. The number of hydrogen-bond acceptors (Lipinski definition) is 6. The van der Waals surface area contributed by atoms with E-state index in [2.05, 4.69) is 15.2 Å². The average Bonchev–Trinajstić information content (AvgIpc) is 2.68. The van der Waals surface area contributed by atoms with Crippen molar-refractivity contribution in [2.75, 3.05) is 31.1 Å². The van der Waals surface area contributed by atoms with Gasteiger partial charge in [0.25, 0.3) is 11.6 Å². The van der Waals surface area contributed by atoms with Gasteiger partial charge in [-0.05, 0) is 37.6 Å². The standard InChI is InChI=1S/C20H25N5O3/c1-15(2)22-20(26)17-5-6-18(19(12-17)25(27)28)24-10-8-23(9-11-24)14-16-4-3-7-21-13-16/h3-7,12-13,15H,8-11,14H2,1-2H3,(H,22,26). The Labute approximate surface area is 164 Å². The number of pyridine rings is 1. The quantitative estimate of drug-likeness (QED) is 0.609. The summed E-state index contributed by atoms with van der Waals surface area (Å²) in [4.78, 5) is 31.8. The Bertz CT molecular complexity index is 833. The van der Waals surface area contributed by atoms with E-state index in [1.165, 1.54) is 6.07 Å². The lowest BCUT2D eigenvalue weighted by Gasteiger charge is -2.35. The van der Waals surface area contributed by atoms with Crippen molar-refractivity contribution >= 4 is 17.3 Å². The Hall–Kier alpha value is -3.00. The summed E-state index contributed by atoms with van der Waals surface area (Å²) in [6.07, 6.45) is 3.61. The van der Waals surface area contributed by atoms with Gasteiger partial charge >= 0.3 is 0 Å². The Kier molecular flexibility index (Phi) is 6.20. The van der Waals surface area contributed by atoms with Crippen molar-refractivity contribution in [3.63, 3.8) is 0 Å². The highest BCUT2D eigenvalue weighted by Gasteiger charge is 2.25. The minimum atomic E-state index is -0.413. The molecule has 1 aromatic heterocycles. The third-order valence-electron chi connectivity index (χ3n) is 4.70. The third-order valence-corrected chi connectivity index (χ3v) is 4.70. The molecule has 0 spiro atoms. The molecule has 148 valence electrons. The highest BCUT2D eigenvalue weighted by atomic mass is 16.6. The van der Waals surface area contributed by atoms with Gasteiger partial charge in [-0.1, -0.05) is 6.07 Å². The van der Waals surface area contributed by atoms with Crippen LogP contribution < -0.4 is 10.2 Å². The molecule has 2 aromatic rings. The van der Waals surface area contributed by atoms with E-state index in [1.807, 2.05) is 37.1 Å². The summed E-state index contributed by atoms with van der Waals surface area (Å²) >= 11 is 0. The topological polar surface area (TPSA) is 91.6 Å². The summed E-state index contributed by atoms with van der Waals surface area (Å²) in [6.45, 7) is 7.52. The van der Waals surface area contributed by atoms with Crippen molar-refractivity contribution in [2.24, 2.45) is 0 Å². The van der Waals surface area contributed by atoms with Gasteiger partial charge in [0.05, 0.1) is 4.92 Å². The normalized spacial score (nSPS) is 14.9. The van der Waals surface area contributed by atoms with Crippen molar-refractivity contribution in [1.29, 1.82) is 0 Å². The molecule has 0 saturated carbocycles. The van der Waals surface area contributed by atoms with Crippen molar-refractivity contribution in [2.45, 2.75) is 26.4 Å². The molecular formula is C20H25N5O3. The number of nitrogens with one attached hydrogen (secondary N) is 1. The summed E-state index contributed by atoms with van der Waals surface area (Å²) in [5, 5.41) is 14.4. The van der Waals surface area contributed by atoms with Gasteiger partial charge in [0.15, 0.2) is 0 Å². The predicted molar refractivity (Wildman–Crippen MR) is 107 cm³/mol. The smallest absolute Gasteiger partial charge is 0.293 e. The Balaban J connectivity index is 1.70. The lowest BCUT2D eigenvalue weighted by molar-refractivity contribution is -0.384. The van der Waals surface area contributed by atoms with E-state index in [-0.39, 0.29) is 17.6 Å². The molecule has 1 fully saturated rings. The highest BCUT2D eigenvalue weighted by molar-refractivity contribution is 5.96. The van der Waals surface area contributed by atoms with Crippen LogP contribution in [-0.4, -0.2) is 52.9 Å². The number of amides is 1. The zero-order valence-electron chi connectivity index (χ0n) is 16.2. The first-order valence-corrected chi connectivity index (χ1v) is 9.39. The molecule has 1 aromatic carbocycles. The number of benzene rings is 1. The molecule has 0 aliphatic carbocycles. The summed E-state index contributed by atoms with van der Waals surface area (Å²) in [6, 6.07) is 8.65. The van der Waals surface area contributed by atoms with Crippen LogP contribution in [0.5, 0.6) is 0 Å². The zero-order valence-corrected chi connectivity index (χ0v) is 16.2. The van der Waals surface area contributed by atoms with Crippen molar-refractivity contribution < 1.29 is 9.72 Å². The molecule has 1 amide bonds. The molecule has 28 heavy (non-hydrogen) atoms. The Morgan fingerprint density at radius 1 is 1.25 bits per heavy atom. The van der Waals surface area contributed by atoms with Gasteiger partial charge in [0.2, 0.25) is 0 Å². The first kappa shape index (κ1) is 19.8. The van der Waals surface area contributed by atoms with Crippen LogP contribution in [0.25, 0.3) is 0 Å². The van der Waals surface area contributed by atoms with E-state index in [4.69, 9.17) is 0 Å². The van der Waals surface area contributed by atoms with E-state index in [9.17, 15) is 14.9 Å². The molecule has 0 radical (unpaired) electrons. The van der Waals surface area contributed by atoms with E-state index >= 15 is 0 Å². The first-order valence-electron chi connectivity index (χ1n) is 9.39. The maximum absolute atomic E-state index is 12.2. The average molecular weight is 383 g/mol. The number of carbonyl (C=O) groups is 1. The summed E-state index contributed by atoms with van der Waals surface area (Å²) < 4.78 is 0. The second kappa shape index (κ2) is 8.79. The van der Waals surface area contributed by atoms with Gasteiger partial charge < -0.3 is 10.2 Å². The fraction of sp³-hybridized carbons (Fsp3) is 0.400. The second-order valence-corrected chi connectivity index (χ2v) is 7.21. The monoisotopic (exact) mass is 383 g/mol. The van der Waals surface area contributed by atoms with E-state index in [1.54, 1.807) is 18.3 Å². The Morgan fingerprint density at radius 3 is 2.61 bits per heavy atom. The first-order chi connectivity index (χ1) is 13.4. The molecule has 8 nitrogen and oxygen atoms in total. The fourth-order valence-corrected chi connectivity index (χ4v) is 3.32. The van der Waals surface area contributed by atoms with Crippen LogP contribution in [0.1, 0.15) is 29.8 Å². The molecule has 8 heteroatoms. The number of hydrogen-bond donors (Lipinski definition) is 1. The molecule has 0 unspecified atom stereocenters. The van der Waals surface area contributed by atoms with Crippen LogP contribution >= 0.6 is 0 Å². The van der Waals surface area contributed by atoms with Crippen LogP contribution in [0.15, 0.2) is 42.7 Å². The number of nitro benzene ring substituents is 1. The van der Waals surface area contributed by atoms with Crippen molar-refractivity contribution in [3.8, 4) is 0 Å². The number of aromatic nitrogens is 1. The SMILES string of the molecule is CC(C)NC(=O)c1ccc(N2CCN(Cc3cccnc3)CC2)c([N+](=O)[O-])c1. The van der Waals surface area contributed by atoms with Gasteiger partial charge in [0.1, 0.15) is 5.69 Å². The van der Waals surface area contributed by atoms with Gasteiger partial charge in [0, 0.05) is 62.8 Å². The molecular weight excluding hydrogens is 358 g/mol.